The van der Waals surface area contributed by atoms with Crippen LogP contribution in [0, 0.1) is 6.92 Å². The van der Waals surface area contributed by atoms with Crippen LogP contribution in [0.15, 0.2) is 52.9 Å². The van der Waals surface area contributed by atoms with E-state index >= 15 is 0 Å². The Bertz CT molecular complexity index is 751. The van der Waals surface area contributed by atoms with Crippen molar-refractivity contribution < 1.29 is 14.3 Å². The van der Waals surface area contributed by atoms with Gasteiger partial charge in [-0.15, -0.1) is 0 Å². The van der Waals surface area contributed by atoms with Gasteiger partial charge < -0.3 is 9.52 Å². The lowest BCUT2D eigenvalue weighted by atomic mass is 10.0. The predicted octanol–water partition coefficient (Wildman–Crippen LogP) is 4.11. The summed E-state index contributed by atoms with van der Waals surface area (Å²) in [5.74, 6) is -0.0791. The predicted molar refractivity (Wildman–Crippen MR) is 73.3 cm³/mol. The van der Waals surface area contributed by atoms with Crippen molar-refractivity contribution in [1.82, 2.24) is 0 Å². The lowest BCUT2D eigenvalue weighted by Gasteiger charge is -2.01. The second-order valence-corrected chi connectivity index (χ2v) is 4.41. The number of benzene rings is 2. The third-order valence-corrected chi connectivity index (χ3v) is 3.19. The Balaban J connectivity index is 2.18. The molecule has 1 aromatic heterocycles. The number of carbonyl (C=O) groups is 1. The Morgan fingerprint density at radius 1 is 1.05 bits per heavy atom. The molecule has 0 aliphatic heterocycles. The van der Waals surface area contributed by atoms with E-state index in [1.54, 1.807) is 12.1 Å². The Morgan fingerprint density at radius 2 is 1.74 bits per heavy atom. The van der Waals surface area contributed by atoms with Gasteiger partial charge in [0.1, 0.15) is 11.3 Å². The fourth-order valence-corrected chi connectivity index (χ4v) is 2.31. The normalized spacial score (nSPS) is 10.8. The first-order valence-electron chi connectivity index (χ1n) is 5.98. The molecule has 0 saturated heterocycles. The number of aryl methyl sites for hydroxylation is 1. The van der Waals surface area contributed by atoms with Crippen LogP contribution in [0.4, 0.5) is 0 Å². The van der Waals surface area contributed by atoms with E-state index in [-0.39, 0.29) is 5.56 Å². The maximum absolute atomic E-state index is 10.9. The van der Waals surface area contributed by atoms with Crippen LogP contribution >= 0.6 is 0 Å². The van der Waals surface area contributed by atoms with E-state index in [1.807, 2.05) is 43.3 Å². The molecule has 0 amide bonds. The molecular weight excluding hydrogens is 240 g/mol. The highest BCUT2D eigenvalue weighted by molar-refractivity contribution is 5.96. The molecule has 0 aliphatic rings. The number of carboxylic acid groups (broad SMARTS) is 1. The highest BCUT2D eigenvalue weighted by atomic mass is 16.4. The van der Waals surface area contributed by atoms with Crippen molar-refractivity contribution in [3.63, 3.8) is 0 Å². The van der Waals surface area contributed by atoms with Crippen LogP contribution < -0.4 is 0 Å². The van der Waals surface area contributed by atoms with Crippen LogP contribution in [0.3, 0.4) is 0 Å². The zero-order chi connectivity index (χ0) is 13.4. The van der Waals surface area contributed by atoms with Crippen LogP contribution in [0.25, 0.3) is 22.1 Å². The van der Waals surface area contributed by atoms with Crippen molar-refractivity contribution >= 4 is 16.9 Å². The van der Waals surface area contributed by atoms with Crippen LogP contribution in [0.1, 0.15) is 16.1 Å². The molecule has 94 valence electrons. The maximum Gasteiger partial charge on any atom is 0.335 e. The Labute approximate surface area is 110 Å². The van der Waals surface area contributed by atoms with Gasteiger partial charge in [0, 0.05) is 10.9 Å². The number of para-hydroxylation sites is 1. The number of hydrogen-bond donors (Lipinski definition) is 1. The summed E-state index contributed by atoms with van der Waals surface area (Å²) in [7, 11) is 0. The number of furan rings is 1. The largest absolute Gasteiger partial charge is 0.478 e. The number of hydrogen-bond acceptors (Lipinski definition) is 2. The summed E-state index contributed by atoms with van der Waals surface area (Å²) in [6, 6.07) is 14.7. The zero-order valence-corrected chi connectivity index (χ0v) is 10.4. The van der Waals surface area contributed by atoms with Crippen molar-refractivity contribution in [2.24, 2.45) is 0 Å². The molecule has 19 heavy (non-hydrogen) atoms. The molecule has 0 saturated carbocycles. The Hall–Kier alpha value is -2.55. The molecule has 1 heterocycles. The van der Waals surface area contributed by atoms with Gasteiger partial charge in [-0.25, -0.2) is 4.79 Å². The van der Waals surface area contributed by atoms with Gasteiger partial charge in [-0.2, -0.15) is 0 Å². The summed E-state index contributed by atoms with van der Waals surface area (Å²) in [4.78, 5) is 10.9. The summed E-state index contributed by atoms with van der Waals surface area (Å²) < 4.78 is 5.71. The fourth-order valence-electron chi connectivity index (χ4n) is 2.31. The van der Waals surface area contributed by atoms with E-state index in [4.69, 9.17) is 9.52 Å². The van der Waals surface area contributed by atoms with Gasteiger partial charge in [0.25, 0.3) is 0 Å². The van der Waals surface area contributed by atoms with E-state index in [9.17, 15) is 4.79 Å². The lowest BCUT2D eigenvalue weighted by Crippen LogP contribution is -1.94. The first kappa shape index (κ1) is 11.5. The molecule has 0 radical (unpaired) electrons. The van der Waals surface area contributed by atoms with Crippen molar-refractivity contribution in [1.29, 1.82) is 0 Å². The Kier molecular flexibility index (Phi) is 2.60. The maximum atomic E-state index is 10.9. The minimum atomic E-state index is -0.916. The molecule has 0 fully saturated rings. The summed E-state index contributed by atoms with van der Waals surface area (Å²) in [6.45, 7) is 1.92. The molecule has 0 atom stereocenters. The highest BCUT2D eigenvalue weighted by Crippen LogP contribution is 2.34. The van der Waals surface area contributed by atoms with Gasteiger partial charge in [0.05, 0.1) is 5.56 Å². The topological polar surface area (TPSA) is 50.4 Å². The lowest BCUT2D eigenvalue weighted by molar-refractivity contribution is 0.0697. The molecule has 3 nitrogen and oxygen atoms in total. The quantitative estimate of drug-likeness (QED) is 0.746. The van der Waals surface area contributed by atoms with Crippen molar-refractivity contribution in [2.45, 2.75) is 6.92 Å². The third-order valence-electron chi connectivity index (χ3n) is 3.19. The third kappa shape index (κ3) is 1.89. The molecule has 0 spiro atoms. The van der Waals surface area contributed by atoms with Gasteiger partial charge >= 0.3 is 5.97 Å². The molecule has 0 unspecified atom stereocenters. The van der Waals surface area contributed by atoms with E-state index in [0.717, 1.165) is 27.9 Å². The number of aromatic carboxylic acids is 1. The smallest absolute Gasteiger partial charge is 0.335 e. The monoisotopic (exact) mass is 252 g/mol. The van der Waals surface area contributed by atoms with Gasteiger partial charge in [-0.1, -0.05) is 30.3 Å². The molecule has 3 aromatic rings. The number of carboxylic acids is 1. The SMILES string of the molecule is Cc1oc2ccccc2c1-c1ccc(C(=O)O)cc1. The molecule has 3 rings (SSSR count). The van der Waals surface area contributed by atoms with Gasteiger partial charge in [-0.05, 0) is 30.7 Å². The molecular formula is C16H12O3. The fraction of sp³-hybridized carbons (Fsp3) is 0.0625. The summed E-state index contributed by atoms with van der Waals surface area (Å²) in [5.41, 5.74) is 3.12. The van der Waals surface area contributed by atoms with E-state index < -0.39 is 5.97 Å². The highest BCUT2D eigenvalue weighted by Gasteiger charge is 2.12. The summed E-state index contributed by atoms with van der Waals surface area (Å²) in [5, 5.41) is 9.96. The second kappa shape index (κ2) is 4.28. The first-order valence-corrected chi connectivity index (χ1v) is 5.98. The van der Waals surface area contributed by atoms with Crippen LogP contribution in [-0.4, -0.2) is 11.1 Å². The van der Waals surface area contributed by atoms with Gasteiger partial charge in [0.15, 0.2) is 0 Å². The van der Waals surface area contributed by atoms with Crippen molar-refractivity contribution in [3.05, 3.63) is 59.9 Å². The average Bonchev–Trinajstić information content (AvgIpc) is 2.74. The van der Waals surface area contributed by atoms with E-state index in [0.29, 0.717) is 0 Å². The number of rotatable bonds is 2. The minimum Gasteiger partial charge on any atom is -0.478 e. The van der Waals surface area contributed by atoms with Crippen LogP contribution in [0.5, 0.6) is 0 Å². The molecule has 1 N–H and O–H groups in total. The first-order chi connectivity index (χ1) is 9.16. The number of fused-ring (bicyclic) bond motifs is 1. The van der Waals surface area contributed by atoms with E-state index in [2.05, 4.69) is 0 Å². The van der Waals surface area contributed by atoms with Gasteiger partial charge in [0.2, 0.25) is 0 Å². The van der Waals surface area contributed by atoms with Crippen molar-refractivity contribution in [3.8, 4) is 11.1 Å². The van der Waals surface area contributed by atoms with E-state index in [1.165, 1.54) is 0 Å². The van der Waals surface area contributed by atoms with Crippen molar-refractivity contribution in [2.75, 3.05) is 0 Å². The second-order valence-electron chi connectivity index (χ2n) is 4.41. The zero-order valence-electron chi connectivity index (χ0n) is 10.4. The van der Waals surface area contributed by atoms with Crippen LogP contribution in [-0.2, 0) is 0 Å². The molecule has 0 bridgehead atoms. The standard InChI is InChI=1S/C16H12O3/c1-10-15(13-4-2-3-5-14(13)19-10)11-6-8-12(9-7-11)16(17)18/h2-9H,1H3,(H,17,18). The Morgan fingerprint density at radius 3 is 2.42 bits per heavy atom. The van der Waals surface area contributed by atoms with Gasteiger partial charge in [-0.3, -0.25) is 0 Å². The molecule has 2 aromatic carbocycles. The van der Waals surface area contributed by atoms with Crippen LogP contribution in [0.2, 0.25) is 0 Å². The molecule has 0 aliphatic carbocycles. The summed E-state index contributed by atoms with van der Waals surface area (Å²) in [6.07, 6.45) is 0. The average molecular weight is 252 g/mol. The summed E-state index contributed by atoms with van der Waals surface area (Å²) >= 11 is 0. The minimum absolute atomic E-state index is 0.286. The molecule has 3 heteroatoms.